The summed E-state index contributed by atoms with van der Waals surface area (Å²) in [6.07, 6.45) is 0.994. The van der Waals surface area contributed by atoms with Gasteiger partial charge in [-0.15, -0.1) is 0 Å². The zero-order chi connectivity index (χ0) is 18.7. The molecule has 2 rings (SSSR count). The Morgan fingerprint density at radius 2 is 2.08 bits per heavy atom. The summed E-state index contributed by atoms with van der Waals surface area (Å²) in [6.45, 7) is 1.11. The first-order valence-corrected chi connectivity index (χ1v) is 7.10. The lowest BCUT2D eigenvalue weighted by Gasteiger charge is -2.16. The summed E-state index contributed by atoms with van der Waals surface area (Å²) in [5, 5.41) is 19.7. The van der Waals surface area contributed by atoms with Gasteiger partial charge in [-0.25, -0.2) is 4.79 Å². The fourth-order valence-electron chi connectivity index (χ4n) is 2.17. The molecule has 0 aliphatic rings. The molecule has 1 N–H and O–H groups in total. The number of nitrogens with zero attached hydrogens (tertiary/aromatic N) is 3. The first kappa shape index (κ1) is 17.9. The number of hydrogen-bond donors (Lipinski definition) is 1. The van der Waals surface area contributed by atoms with Crippen molar-refractivity contribution in [2.24, 2.45) is 0 Å². The van der Waals surface area contributed by atoms with E-state index < -0.39 is 22.4 Å². The van der Waals surface area contributed by atoms with Gasteiger partial charge in [0, 0.05) is 19.2 Å². The van der Waals surface area contributed by atoms with Crippen LogP contribution >= 0.6 is 0 Å². The minimum atomic E-state index is -1.13. The van der Waals surface area contributed by atoms with Gasteiger partial charge < -0.3 is 14.4 Å². The van der Waals surface area contributed by atoms with E-state index in [4.69, 9.17) is 9.52 Å². The van der Waals surface area contributed by atoms with Crippen molar-refractivity contribution in [3.63, 3.8) is 0 Å². The molecule has 10 nitrogen and oxygen atoms in total. The third kappa shape index (κ3) is 4.10. The molecular weight excluding hydrogens is 334 g/mol. The highest BCUT2D eigenvalue weighted by Crippen LogP contribution is 2.16. The second kappa shape index (κ2) is 6.99. The van der Waals surface area contributed by atoms with Gasteiger partial charge in [-0.3, -0.25) is 24.3 Å². The summed E-state index contributed by atoms with van der Waals surface area (Å²) in [4.78, 5) is 46.2. The van der Waals surface area contributed by atoms with Gasteiger partial charge in [0.25, 0.3) is 11.2 Å². The topological polar surface area (TPSA) is 136 Å². The van der Waals surface area contributed by atoms with Crippen LogP contribution in [0.3, 0.4) is 0 Å². The van der Waals surface area contributed by atoms with Crippen molar-refractivity contribution in [1.29, 1.82) is 0 Å². The Bertz CT molecular complexity index is 897. The van der Waals surface area contributed by atoms with Crippen LogP contribution in [-0.4, -0.2) is 38.4 Å². The molecule has 0 radical (unpaired) electrons. The molecule has 2 aromatic rings. The molecule has 0 spiro atoms. The summed E-state index contributed by atoms with van der Waals surface area (Å²) in [5.74, 6) is -1.13. The summed E-state index contributed by atoms with van der Waals surface area (Å²) in [6, 6.07) is 3.40. The van der Waals surface area contributed by atoms with Crippen molar-refractivity contribution in [1.82, 2.24) is 9.47 Å². The van der Waals surface area contributed by atoms with E-state index in [9.17, 15) is 24.5 Å². The number of aryl methyl sites for hydroxylation is 1. The lowest BCUT2D eigenvalue weighted by molar-refractivity contribution is -0.385. The molecule has 1 amide bonds. The van der Waals surface area contributed by atoms with Crippen molar-refractivity contribution < 1.29 is 24.0 Å². The van der Waals surface area contributed by atoms with Crippen LogP contribution in [0, 0.1) is 17.0 Å². The summed E-state index contributed by atoms with van der Waals surface area (Å²) in [7, 11) is 1.45. The molecule has 0 aliphatic carbocycles. The highest BCUT2D eigenvalue weighted by molar-refractivity contribution is 5.88. The standard InChI is InChI=1S/C15H15N3O7/c1-9-12(15(21)22)5-11(25-9)7-16(2)14(20)8-17-6-10(18(23)24)3-4-13(17)19/h3-6H,7-8H2,1-2H3,(H,21,22). The van der Waals surface area contributed by atoms with E-state index in [0.717, 1.165) is 22.9 Å². The van der Waals surface area contributed by atoms with E-state index in [1.54, 1.807) is 0 Å². The van der Waals surface area contributed by atoms with Crippen LogP contribution in [0.15, 0.2) is 33.6 Å². The lowest BCUT2D eigenvalue weighted by Crippen LogP contribution is -2.33. The number of carbonyl (C=O) groups is 2. The molecule has 0 atom stereocenters. The molecule has 0 saturated carbocycles. The quantitative estimate of drug-likeness (QED) is 0.607. The summed E-state index contributed by atoms with van der Waals surface area (Å²) < 4.78 is 6.23. The number of likely N-dealkylation sites (N-methyl/N-ethyl adjacent to an activating group) is 1. The maximum Gasteiger partial charge on any atom is 0.339 e. The van der Waals surface area contributed by atoms with Gasteiger partial charge in [-0.1, -0.05) is 0 Å². The monoisotopic (exact) mass is 349 g/mol. The van der Waals surface area contributed by atoms with Gasteiger partial charge in [0.2, 0.25) is 5.91 Å². The first-order valence-electron chi connectivity index (χ1n) is 7.10. The second-order valence-electron chi connectivity index (χ2n) is 5.35. The largest absolute Gasteiger partial charge is 0.478 e. The van der Waals surface area contributed by atoms with Crippen molar-refractivity contribution in [3.05, 3.63) is 61.9 Å². The maximum atomic E-state index is 12.2. The molecule has 10 heteroatoms. The first-order chi connectivity index (χ1) is 11.7. The van der Waals surface area contributed by atoms with Crippen molar-refractivity contribution in [3.8, 4) is 0 Å². The Morgan fingerprint density at radius 3 is 2.64 bits per heavy atom. The molecule has 0 fully saturated rings. The Kier molecular flexibility index (Phi) is 5.01. The molecule has 2 heterocycles. The maximum absolute atomic E-state index is 12.2. The minimum Gasteiger partial charge on any atom is -0.478 e. The molecule has 0 aromatic carbocycles. The molecule has 0 unspecified atom stereocenters. The van der Waals surface area contributed by atoms with Gasteiger partial charge in [-0.05, 0) is 13.0 Å². The number of carbonyl (C=O) groups excluding carboxylic acids is 1. The summed E-state index contributed by atoms with van der Waals surface area (Å²) >= 11 is 0. The van der Waals surface area contributed by atoms with Crippen LogP contribution in [0.5, 0.6) is 0 Å². The van der Waals surface area contributed by atoms with Gasteiger partial charge in [0.1, 0.15) is 23.6 Å². The average molecular weight is 349 g/mol. The molecular formula is C15H15N3O7. The SMILES string of the molecule is Cc1oc(CN(C)C(=O)Cn2cc([N+](=O)[O-])ccc2=O)cc1C(=O)O. The van der Waals surface area contributed by atoms with Crippen molar-refractivity contribution in [2.75, 3.05) is 7.05 Å². The lowest BCUT2D eigenvalue weighted by atomic mass is 10.2. The predicted molar refractivity (Wildman–Crippen MR) is 84.2 cm³/mol. The van der Waals surface area contributed by atoms with Gasteiger partial charge in [0.05, 0.1) is 17.7 Å². The number of carboxylic acid groups (broad SMARTS) is 1. The minimum absolute atomic E-state index is 0.00334. The Hall–Kier alpha value is -3.43. The fourth-order valence-corrected chi connectivity index (χ4v) is 2.17. The van der Waals surface area contributed by atoms with E-state index in [0.29, 0.717) is 0 Å². The molecule has 0 bridgehead atoms. The van der Waals surface area contributed by atoms with Crippen molar-refractivity contribution in [2.45, 2.75) is 20.0 Å². The van der Waals surface area contributed by atoms with Crippen LogP contribution in [0.2, 0.25) is 0 Å². The number of rotatable bonds is 6. The highest BCUT2D eigenvalue weighted by atomic mass is 16.6. The zero-order valence-electron chi connectivity index (χ0n) is 13.5. The van der Waals surface area contributed by atoms with Gasteiger partial charge >= 0.3 is 5.97 Å². The number of furan rings is 1. The third-order valence-corrected chi connectivity index (χ3v) is 3.50. The molecule has 0 aliphatic heterocycles. The molecule has 132 valence electrons. The number of amides is 1. The molecule has 25 heavy (non-hydrogen) atoms. The number of carboxylic acids is 1. The average Bonchev–Trinajstić information content (AvgIpc) is 2.89. The zero-order valence-corrected chi connectivity index (χ0v) is 13.5. The van der Waals surface area contributed by atoms with Gasteiger partial charge in [-0.2, -0.15) is 0 Å². The fraction of sp³-hybridized carbons (Fsp3) is 0.267. The normalized spacial score (nSPS) is 10.5. The van der Waals surface area contributed by atoms with Crippen LogP contribution in [0.25, 0.3) is 0 Å². The van der Waals surface area contributed by atoms with E-state index in [2.05, 4.69) is 0 Å². The smallest absolute Gasteiger partial charge is 0.339 e. The van der Waals surface area contributed by atoms with E-state index in [1.165, 1.54) is 24.9 Å². The summed E-state index contributed by atoms with van der Waals surface area (Å²) in [5.41, 5.74) is -0.845. The Balaban J connectivity index is 2.12. The Morgan fingerprint density at radius 1 is 1.40 bits per heavy atom. The van der Waals surface area contributed by atoms with E-state index in [-0.39, 0.29) is 35.9 Å². The number of pyridine rings is 1. The number of aromatic carboxylic acids is 1. The van der Waals surface area contributed by atoms with Crippen LogP contribution in [0.1, 0.15) is 21.9 Å². The van der Waals surface area contributed by atoms with Crippen LogP contribution < -0.4 is 5.56 Å². The van der Waals surface area contributed by atoms with E-state index >= 15 is 0 Å². The van der Waals surface area contributed by atoms with E-state index in [1.807, 2.05) is 0 Å². The number of nitro groups is 1. The predicted octanol–water partition coefficient (Wildman–Crippen LogP) is 1.01. The van der Waals surface area contributed by atoms with Crippen LogP contribution in [0.4, 0.5) is 5.69 Å². The number of aromatic nitrogens is 1. The Labute approximate surface area is 141 Å². The number of hydrogen-bond acceptors (Lipinski definition) is 6. The van der Waals surface area contributed by atoms with Crippen molar-refractivity contribution >= 4 is 17.6 Å². The highest BCUT2D eigenvalue weighted by Gasteiger charge is 2.18. The second-order valence-corrected chi connectivity index (χ2v) is 5.35. The third-order valence-electron chi connectivity index (χ3n) is 3.50. The molecule has 0 saturated heterocycles. The van der Waals surface area contributed by atoms with Gasteiger partial charge in [0.15, 0.2) is 0 Å². The molecule has 2 aromatic heterocycles. The van der Waals surface area contributed by atoms with Crippen LogP contribution in [-0.2, 0) is 17.9 Å².